The largest absolute Gasteiger partial charge is 0.379 e. The Morgan fingerprint density at radius 1 is 1.10 bits per heavy atom. The molecule has 1 fully saturated rings. The lowest BCUT2D eigenvalue weighted by Crippen LogP contribution is -2.39. The highest BCUT2D eigenvalue weighted by Crippen LogP contribution is 2.31. The zero-order valence-electron chi connectivity index (χ0n) is 18.4. The van der Waals surface area contributed by atoms with Gasteiger partial charge in [0.25, 0.3) is 5.91 Å². The summed E-state index contributed by atoms with van der Waals surface area (Å²) in [4.78, 5) is 22.6. The Bertz CT molecular complexity index is 1050. The van der Waals surface area contributed by atoms with Crippen molar-refractivity contribution in [3.8, 4) is 0 Å². The van der Waals surface area contributed by atoms with E-state index in [9.17, 15) is 4.79 Å². The number of benzene rings is 2. The van der Waals surface area contributed by atoms with Crippen LogP contribution in [0.5, 0.6) is 0 Å². The zero-order chi connectivity index (χ0) is 21.1. The van der Waals surface area contributed by atoms with Crippen LogP contribution in [0.25, 0.3) is 10.2 Å². The van der Waals surface area contributed by atoms with Gasteiger partial charge in [0, 0.05) is 31.7 Å². The van der Waals surface area contributed by atoms with E-state index in [-0.39, 0.29) is 18.3 Å². The van der Waals surface area contributed by atoms with Crippen molar-refractivity contribution in [2.24, 2.45) is 0 Å². The van der Waals surface area contributed by atoms with Gasteiger partial charge in [0.05, 0.1) is 23.4 Å². The smallest absolute Gasteiger partial charge is 0.260 e. The van der Waals surface area contributed by atoms with Gasteiger partial charge in [-0.3, -0.25) is 14.6 Å². The number of fused-ring (bicyclic) bond motifs is 1. The number of aryl methyl sites for hydroxylation is 3. The molecule has 0 radical (unpaired) electrons. The summed E-state index contributed by atoms with van der Waals surface area (Å²) in [5.41, 5.74) is 5.08. The van der Waals surface area contributed by atoms with Crippen molar-refractivity contribution in [1.82, 2.24) is 9.88 Å². The predicted molar refractivity (Wildman–Crippen MR) is 131 cm³/mol. The molecule has 2 aromatic carbocycles. The summed E-state index contributed by atoms with van der Waals surface area (Å²) in [7, 11) is 0. The lowest BCUT2D eigenvalue weighted by atomic mass is 10.0. The van der Waals surface area contributed by atoms with E-state index >= 15 is 0 Å². The molecule has 5 nitrogen and oxygen atoms in total. The summed E-state index contributed by atoms with van der Waals surface area (Å²) in [6, 6.07) is 12.3. The Morgan fingerprint density at radius 2 is 1.81 bits per heavy atom. The van der Waals surface area contributed by atoms with Crippen molar-refractivity contribution in [1.29, 1.82) is 0 Å². The van der Waals surface area contributed by atoms with E-state index in [0.29, 0.717) is 6.54 Å². The average molecular weight is 460 g/mol. The van der Waals surface area contributed by atoms with Crippen molar-refractivity contribution in [2.45, 2.75) is 27.2 Å². The maximum absolute atomic E-state index is 13.6. The van der Waals surface area contributed by atoms with Crippen LogP contribution >= 0.6 is 23.7 Å². The molecule has 0 spiro atoms. The minimum absolute atomic E-state index is 0. The van der Waals surface area contributed by atoms with Crippen LogP contribution in [0.2, 0.25) is 0 Å². The van der Waals surface area contributed by atoms with E-state index in [1.54, 1.807) is 11.3 Å². The molecule has 0 unspecified atom stereocenters. The Labute approximate surface area is 194 Å². The minimum Gasteiger partial charge on any atom is -0.379 e. The molecule has 0 N–H and O–H groups in total. The fraction of sp³-hybridized carbons (Fsp3) is 0.417. The van der Waals surface area contributed by atoms with Crippen LogP contribution in [0.1, 0.15) is 33.5 Å². The molecule has 0 atom stereocenters. The monoisotopic (exact) mass is 459 g/mol. The number of morpholine rings is 1. The molecule has 4 rings (SSSR count). The first-order valence-corrected chi connectivity index (χ1v) is 11.4. The van der Waals surface area contributed by atoms with Gasteiger partial charge in [0.1, 0.15) is 0 Å². The highest BCUT2D eigenvalue weighted by molar-refractivity contribution is 7.22. The molecule has 7 heteroatoms. The number of hydrogen-bond acceptors (Lipinski definition) is 5. The van der Waals surface area contributed by atoms with E-state index in [4.69, 9.17) is 9.72 Å². The van der Waals surface area contributed by atoms with Gasteiger partial charge in [-0.15, -0.1) is 12.4 Å². The maximum Gasteiger partial charge on any atom is 0.260 e. The van der Waals surface area contributed by atoms with Gasteiger partial charge in [-0.2, -0.15) is 0 Å². The molecular weight excluding hydrogens is 430 g/mol. The number of carbonyl (C=O) groups excluding carboxylic acids is 1. The van der Waals surface area contributed by atoms with Gasteiger partial charge in [0.15, 0.2) is 5.13 Å². The first kappa shape index (κ1) is 23.7. The van der Waals surface area contributed by atoms with Crippen molar-refractivity contribution in [3.05, 3.63) is 58.7 Å². The predicted octanol–water partition coefficient (Wildman–Crippen LogP) is 5.01. The lowest BCUT2D eigenvalue weighted by molar-refractivity contribution is 0.0376. The third-order valence-corrected chi connectivity index (χ3v) is 6.62. The van der Waals surface area contributed by atoms with E-state index in [1.807, 2.05) is 30.0 Å². The SMILES string of the molecule is Cc1ccc(C(=O)N(CCCN2CCOCC2)c2nc3ccc(C)cc3s2)c(C)c1.Cl. The van der Waals surface area contributed by atoms with E-state index < -0.39 is 0 Å². The summed E-state index contributed by atoms with van der Waals surface area (Å²) in [6.07, 6.45) is 0.908. The number of nitrogens with zero attached hydrogens (tertiary/aromatic N) is 3. The van der Waals surface area contributed by atoms with Gasteiger partial charge in [0.2, 0.25) is 0 Å². The number of thiazole rings is 1. The van der Waals surface area contributed by atoms with Crippen molar-refractivity contribution >= 4 is 45.0 Å². The molecular formula is C24H30ClN3O2S. The highest BCUT2D eigenvalue weighted by atomic mass is 35.5. The summed E-state index contributed by atoms with van der Waals surface area (Å²) in [6.45, 7) is 11.3. The van der Waals surface area contributed by atoms with Crippen LogP contribution in [-0.2, 0) is 4.74 Å². The number of aromatic nitrogens is 1. The van der Waals surface area contributed by atoms with Crippen molar-refractivity contribution in [3.63, 3.8) is 0 Å². The Balaban J connectivity index is 0.00000272. The molecule has 1 aromatic heterocycles. The molecule has 166 valence electrons. The van der Waals surface area contributed by atoms with E-state index in [1.165, 1.54) is 11.1 Å². The van der Waals surface area contributed by atoms with Crippen LogP contribution in [0.3, 0.4) is 0 Å². The number of halogens is 1. The van der Waals surface area contributed by atoms with Crippen LogP contribution in [-0.4, -0.2) is 55.2 Å². The third kappa shape index (κ3) is 5.63. The molecule has 1 aliphatic rings. The average Bonchev–Trinajstić information content (AvgIpc) is 3.14. The van der Waals surface area contributed by atoms with Gasteiger partial charge in [-0.25, -0.2) is 4.98 Å². The Kier molecular flexibility index (Phi) is 8.06. The van der Waals surface area contributed by atoms with Crippen molar-refractivity contribution < 1.29 is 9.53 Å². The number of hydrogen-bond donors (Lipinski definition) is 0. The van der Waals surface area contributed by atoms with E-state index in [0.717, 1.165) is 65.7 Å². The third-order valence-electron chi connectivity index (χ3n) is 5.58. The fourth-order valence-corrected chi connectivity index (χ4v) is 4.98. The summed E-state index contributed by atoms with van der Waals surface area (Å²) in [5.74, 6) is 0.0326. The summed E-state index contributed by atoms with van der Waals surface area (Å²) in [5, 5.41) is 0.780. The van der Waals surface area contributed by atoms with Gasteiger partial charge in [-0.1, -0.05) is 35.1 Å². The molecule has 31 heavy (non-hydrogen) atoms. The van der Waals surface area contributed by atoms with Crippen LogP contribution < -0.4 is 4.90 Å². The second-order valence-corrected chi connectivity index (χ2v) is 9.06. The molecule has 0 saturated carbocycles. The second kappa shape index (κ2) is 10.6. The standard InChI is InChI=1S/C24H29N3O2S.ClH/c1-17-5-7-20(19(3)15-17)23(28)27(10-4-9-26-11-13-29-14-12-26)24-25-21-8-6-18(2)16-22(21)30-24;/h5-8,15-16H,4,9-14H2,1-3H3;1H. The lowest BCUT2D eigenvalue weighted by Gasteiger charge is -2.28. The molecule has 2 heterocycles. The van der Waals surface area contributed by atoms with Crippen LogP contribution in [0.15, 0.2) is 36.4 Å². The maximum atomic E-state index is 13.6. The molecule has 1 aliphatic heterocycles. The number of rotatable bonds is 6. The van der Waals surface area contributed by atoms with Gasteiger partial charge < -0.3 is 4.74 Å². The van der Waals surface area contributed by atoms with Gasteiger partial charge in [-0.05, 0) is 56.5 Å². The van der Waals surface area contributed by atoms with Crippen LogP contribution in [0.4, 0.5) is 5.13 Å². The number of carbonyl (C=O) groups is 1. The normalized spacial score (nSPS) is 14.4. The fourth-order valence-electron chi connectivity index (χ4n) is 3.90. The summed E-state index contributed by atoms with van der Waals surface area (Å²) >= 11 is 1.60. The van der Waals surface area contributed by atoms with Crippen molar-refractivity contribution in [2.75, 3.05) is 44.3 Å². The topological polar surface area (TPSA) is 45.7 Å². The molecule has 1 amide bonds. The molecule has 0 aliphatic carbocycles. The number of amides is 1. The summed E-state index contributed by atoms with van der Waals surface area (Å²) < 4.78 is 6.57. The molecule has 0 bridgehead atoms. The number of anilines is 1. The Morgan fingerprint density at radius 3 is 2.55 bits per heavy atom. The quantitative estimate of drug-likeness (QED) is 0.519. The zero-order valence-corrected chi connectivity index (χ0v) is 20.0. The minimum atomic E-state index is 0. The van der Waals surface area contributed by atoms with E-state index in [2.05, 4.69) is 36.9 Å². The molecule has 1 saturated heterocycles. The first-order chi connectivity index (χ1) is 14.5. The highest BCUT2D eigenvalue weighted by Gasteiger charge is 2.23. The Hall–Kier alpha value is -1.99. The number of ether oxygens (including phenoxy) is 1. The molecule has 3 aromatic rings. The van der Waals surface area contributed by atoms with Gasteiger partial charge >= 0.3 is 0 Å². The first-order valence-electron chi connectivity index (χ1n) is 10.6. The van der Waals surface area contributed by atoms with Crippen LogP contribution in [0, 0.1) is 20.8 Å². The second-order valence-electron chi connectivity index (χ2n) is 8.05.